The molecule has 4 rings (SSSR count). The number of hydrogen-bond donors (Lipinski definition) is 3. The minimum absolute atomic E-state index is 0.0945. The summed E-state index contributed by atoms with van der Waals surface area (Å²) in [6, 6.07) is 28.2. The fourth-order valence-electron chi connectivity index (χ4n) is 3.70. The highest BCUT2D eigenvalue weighted by molar-refractivity contribution is 8.00. The maximum atomic E-state index is 13.3. The van der Waals surface area contributed by atoms with E-state index in [1.165, 1.54) is 11.8 Å². The fourth-order valence-corrected chi connectivity index (χ4v) is 4.98. The third-order valence-corrected chi connectivity index (χ3v) is 6.92. The van der Waals surface area contributed by atoms with Crippen molar-refractivity contribution in [1.82, 2.24) is 5.32 Å². The van der Waals surface area contributed by atoms with Gasteiger partial charge >= 0.3 is 0 Å². The van der Waals surface area contributed by atoms with Gasteiger partial charge in [0.1, 0.15) is 5.70 Å². The molecule has 9 heteroatoms. The molecule has 0 aliphatic rings. The number of benzene rings is 4. The van der Waals surface area contributed by atoms with E-state index < -0.39 is 11.8 Å². The molecular formula is C31H25Cl2N3O3S. The van der Waals surface area contributed by atoms with Crippen molar-refractivity contribution in [3.05, 3.63) is 129 Å². The first-order valence-electron chi connectivity index (χ1n) is 12.2. The number of carbonyl (C=O) groups is 3. The number of amides is 3. The van der Waals surface area contributed by atoms with Gasteiger partial charge in [-0.2, -0.15) is 0 Å². The third-order valence-electron chi connectivity index (χ3n) is 5.49. The van der Waals surface area contributed by atoms with Gasteiger partial charge in [0.2, 0.25) is 5.91 Å². The first kappa shape index (κ1) is 29.0. The van der Waals surface area contributed by atoms with Crippen LogP contribution in [0.1, 0.15) is 21.5 Å². The zero-order valence-corrected chi connectivity index (χ0v) is 23.7. The highest BCUT2D eigenvalue weighted by atomic mass is 35.5. The average molecular weight is 591 g/mol. The molecular weight excluding hydrogens is 565 g/mol. The van der Waals surface area contributed by atoms with Crippen molar-refractivity contribution in [2.24, 2.45) is 0 Å². The van der Waals surface area contributed by atoms with Crippen LogP contribution in [0.15, 0.2) is 108 Å². The highest BCUT2D eigenvalue weighted by Gasteiger charge is 2.15. The van der Waals surface area contributed by atoms with E-state index in [2.05, 4.69) is 16.0 Å². The maximum absolute atomic E-state index is 13.3. The Hall–Kier alpha value is -4.04. The number of carbonyl (C=O) groups excluding carboxylic acids is 3. The third kappa shape index (κ3) is 8.74. The number of anilines is 2. The Labute approximate surface area is 246 Å². The van der Waals surface area contributed by atoms with Crippen LogP contribution in [0, 0.1) is 6.92 Å². The van der Waals surface area contributed by atoms with Crippen molar-refractivity contribution in [2.45, 2.75) is 11.8 Å². The number of nitrogens with one attached hydrogen (secondary N) is 3. The van der Waals surface area contributed by atoms with Crippen LogP contribution in [-0.4, -0.2) is 23.5 Å². The summed E-state index contributed by atoms with van der Waals surface area (Å²) in [6.07, 6.45) is 1.63. The summed E-state index contributed by atoms with van der Waals surface area (Å²) in [5.74, 6) is -0.980. The van der Waals surface area contributed by atoms with Crippen LogP contribution in [0.5, 0.6) is 0 Å². The van der Waals surface area contributed by atoms with Gasteiger partial charge in [0, 0.05) is 31.9 Å². The fraction of sp³-hybridized carbons (Fsp3) is 0.0645. The molecule has 4 aromatic rings. The molecule has 0 aromatic heterocycles. The van der Waals surface area contributed by atoms with Gasteiger partial charge < -0.3 is 16.0 Å². The molecule has 0 aliphatic heterocycles. The normalized spacial score (nSPS) is 11.0. The lowest BCUT2D eigenvalue weighted by atomic mass is 10.1. The molecule has 0 saturated carbocycles. The van der Waals surface area contributed by atoms with Crippen molar-refractivity contribution < 1.29 is 14.4 Å². The quantitative estimate of drug-likeness (QED) is 0.140. The van der Waals surface area contributed by atoms with Crippen LogP contribution in [0.3, 0.4) is 0 Å². The number of thioether (sulfide) groups is 1. The number of aryl methyl sites for hydroxylation is 1. The highest BCUT2D eigenvalue weighted by Crippen LogP contribution is 2.25. The summed E-state index contributed by atoms with van der Waals surface area (Å²) in [4.78, 5) is 39.4. The molecule has 0 heterocycles. The van der Waals surface area contributed by atoms with Crippen molar-refractivity contribution in [1.29, 1.82) is 0 Å². The van der Waals surface area contributed by atoms with Gasteiger partial charge in [0.25, 0.3) is 11.8 Å². The molecule has 0 atom stereocenters. The van der Waals surface area contributed by atoms with Gasteiger partial charge in [0.15, 0.2) is 0 Å². The van der Waals surface area contributed by atoms with E-state index in [9.17, 15) is 14.4 Å². The number of hydrogen-bond acceptors (Lipinski definition) is 4. The molecule has 3 amide bonds. The molecule has 202 valence electrons. The molecule has 3 N–H and O–H groups in total. The summed E-state index contributed by atoms with van der Waals surface area (Å²) in [5.41, 5.74) is 3.35. The van der Waals surface area contributed by atoms with Crippen molar-refractivity contribution in [3.8, 4) is 0 Å². The van der Waals surface area contributed by atoms with Gasteiger partial charge in [-0.15, -0.1) is 11.8 Å². The van der Waals surface area contributed by atoms with Crippen molar-refractivity contribution >= 4 is 70.1 Å². The van der Waals surface area contributed by atoms with E-state index in [1.807, 2.05) is 43.3 Å². The molecule has 4 aromatic carbocycles. The zero-order chi connectivity index (χ0) is 28.5. The minimum Gasteiger partial charge on any atom is -0.325 e. The standard InChI is InChI=1S/C31H25Cl2N3O3S/c1-20-7-5-8-21(13-20)14-28(36-30(38)22-9-3-2-4-10-22)31(39)35-25-11-6-12-27(18-25)40-19-29(37)34-26-16-23(32)15-24(33)17-26/h2-18H,19H2,1H3,(H,34,37)(H,35,39)(H,36,38)/b28-14+. The number of rotatable bonds is 9. The molecule has 0 fully saturated rings. The molecule has 0 radical (unpaired) electrons. The second kappa shape index (κ2) is 13.8. The molecule has 6 nitrogen and oxygen atoms in total. The van der Waals surface area contributed by atoms with E-state index in [0.717, 1.165) is 16.0 Å². The largest absolute Gasteiger partial charge is 0.325 e. The van der Waals surface area contributed by atoms with E-state index in [4.69, 9.17) is 23.2 Å². The van der Waals surface area contributed by atoms with Gasteiger partial charge in [-0.25, -0.2) is 0 Å². The summed E-state index contributed by atoms with van der Waals surface area (Å²) in [7, 11) is 0. The van der Waals surface area contributed by atoms with E-state index in [1.54, 1.807) is 66.7 Å². The van der Waals surface area contributed by atoms with E-state index in [0.29, 0.717) is 27.0 Å². The van der Waals surface area contributed by atoms with Gasteiger partial charge in [-0.3, -0.25) is 14.4 Å². The van der Waals surface area contributed by atoms with Crippen LogP contribution in [0.4, 0.5) is 11.4 Å². The monoisotopic (exact) mass is 589 g/mol. The summed E-state index contributed by atoms with van der Waals surface area (Å²) < 4.78 is 0. The SMILES string of the molecule is Cc1cccc(/C=C(/NC(=O)c2ccccc2)C(=O)Nc2cccc(SCC(=O)Nc3cc(Cl)cc(Cl)c3)c2)c1. The summed E-state index contributed by atoms with van der Waals surface area (Å²) in [5, 5.41) is 9.21. The predicted molar refractivity (Wildman–Crippen MR) is 164 cm³/mol. The lowest BCUT2D eigenvalue weighted by molar-refractivity contribution is -0.114. The Bertz CT molecular complexity index is 1560. The van der Waals surface area contributed by atoms with Gasteiger partial charge in [-0.05, 0) is 67.1 Å². The molecule has 0 unspecified atom stereocenters. The minimum atomic E-state index is -0.483. The van der Waals surface area contributed by atoms with Crippen LogP contribution < -0.4 is 16.0 Å². The van der Waals surface area contributed by atoms with Crippen LogP contribution in [0.25, 0.3) is 6.08 Å². The summed E-state index contributed by atoms with van der Waals surface area (Å²) in [6.45, 7) is 1.95. The lowest BCUT2D eigenvalue weighted by Crippen LogP contribution is -2.30. The Morgan fingerprint density at radius 2 is 1.50 bits per heavy atom. The zero-order valence-electron chi connectivity index (χ0n) is 21.4. The molecule has 0 spiro atoms. The van der Waals surface area contributed by atoms with E-state index >= 15 is 0 Å². The van der Waals surface area contributed by atoms with Gasteiger partial charge in [-0.1, -0.05) is 77.3 Å². The Kier molecular flexibility index (Phi) is 10.0. The molecule has 0 bridgehead atoms. The summed E-state index contributed by atoms with van der Waals surface area (Å²) >= 11 is 13.3. The first-order chi connectivity index (χ1) is 19.2. The second-order valence-corrected chi connectivity index (χ2v) is 10.7. The van der Waals surface area contributed by atoms with Crippen LogP contribution in [-0.2, 0) is 9.59 Å². The predicted octanol–water partition coefficient (Wildman–Crippen LogP) is 7.44. The first-order valence-corrected chi connectivity index (χ1v) is 13.9. The lowest BCUT2D eigenvalue weighted by Gasteiger charge is -2.12. The maximum Gasteiger partial charge on any atom is 0.272 e. The Morgan fingerprint density at radius 3 is 2.23 bits per heavy atom. The Balaban J connectivity index is 1.45. The molecule has 40 heavy (non-hydrogen) atoms. The van der Waals surface area contributed by atoms with Crippen molar-refractivity contribution in [3.63, 3.8) is 0 Å². The van der Waals surface area contributed by atoms with Crippen LogP contribution >= 0.6 is 35.0 Å². The van der Waals surface area contributed by atoms with Crippen molar-refractivity contribution in [2.75, 3.05) is 16.4 Å². The number of halogens is 2. The van der Waals surface area contributed by atoms with Crippen LogP contribution in [0.2, 0.25) is 10.0 Å². The van der Waals surface area contributed by atoms with E-state index in [-0.39, 0.29) is 17.4 Å². The Morgan fingerprint density at radius 1 is 0.775 bits per heavy atom. The average Bonchev–Trinajstić information content (AvgIpc) is 2.91. The molecule has 0 saturated heterocycles. The second-order valence-electron chi connectivity index (χ2n) is 8.77. The smallest absolute Gasteiger partial charge is 0.272 e. The molecule has 0 aliphatic carbocycles. The topological polar surface area (TPSA) is 87.3 Å². The van der Waals surface area contributed by atoms with Gasteiger partial charge in [0.05, 0.1) is 5.75 Å².